The van der Waals surface area contributed by atoms with Gasteiger partial charge in [0.25, 0.3) is 6.23 Å². The SMILES string of the molecule is O=C1O[C@@H](C(F)(F)F)N=C1c1ccccc1. The van der Waals surface area contributed by atoms with E-state index in [0.29, 0.717) is 5.56 Å². The first kappa shape index (κ1) is 10.7. The lowest BCUT2D eigenvalue weighted by Crippen LogP contribution is -2.27. The van der Waals surface area contributed by atoms with E-state index in [9.17, 15) is 18.0 Å². The molecule has 0 fully saturated rings. The fourth-order valence-electron chi connectivity index (χ4n) is 1.28. The largest absolute Gasteiger partial charge is 0.447 e. The molecule has 0 amide bonds. The number of cyclic esters (lactones) is 1. The summed E-state index contributed by atoms with van der Waals surface area (Å²) < 4.78 is 40.8. The van der Waals surface area contributed by atoms with Crippen molar-refractivity contribution < 1.29 is 22.7 Å². The third-order valence-electron chi connectivity index (χ3n) is 1.99. The Kier molecular flexibility index (Phi) is 2.41. The summed E-state index contributed by atoms with van der Waals surface area (Å²) in [6, 6.07) is 7.89. The number of ether oxygens (including phenoxy) is 1. The average Bonchev–Trinajstić information content (AvgIpc) is 2.61. The summed E-state index contributed by atoms with van der Waals surface area (Å²) in [6.07, 6.45) is -7.04. The Bertz CT molecular complexity index is 439. The van der Waals surface area contributed by atoms with Crippen LogP contribution in [0.25, 0.3) is 0 Å². The number of hydrogen-bond donors (Lipinski definition) is 0. The molecular formula is C10H6F3NO2. The van der Waals surface area contributed by atoms with Crippen molar-refractivity contribution in [3.05, 3.63) is 35.9 Å². The molecule has 1 aliphatic rings. The predicted molar refractivity (Wildman–Crippen MR) is 48.9 cm³/mol. The maximum absolute atomic E-state index is 12.2. The molecule has 1 aliphatic heterocycles. The lowest BCUT2D eigenvalue weighted by Gasteiger charge is -2.09. The zero-order valence-corrected chi connectivity index (χ0v) is 7.86. The van der Waals surface area contributed by atoms with E-state index in [4.69, 9.17) is 0 Å². The Morgan fingerprint density at radius 3 is 2.31 bits per heavy atom. The number of carbonyl (C=O) groups is 1. The van der Waals surface area contributed by atoms with Crippen molar-refractivity contribution >= 4 is 11.7 Å². The van der Waals surface area contributed by atoms with E-state index in [1.54, 1.807) is 18.2 Å². The smallest absolute Gasteiger partial charge is 0.425 e. The third-order valence-corrected chi connectivity index (χ3v) is 1.99. The van der Waals surface area contributed by atoms with E-state index in [1.165, 1.54) is 12.1 Å². The second kappa shape index (κ2) is 3.62. The van der Waals surface area contributed by atoms with E-state index in [-0.39, 0.29) is 5.71 Å². The third kappa shape index (κ3) is 1.91. The van der Waals surface area contributed by atoms with Crippen LogP contribution in [0, 0.1) is 0 Å². The second-order valence-electron chi connectivity index (χ2n) is 3.14. The molecule has 1 atom stereocenters. The molecule has 3 nitrogen and oxygen atoms in total. The van der Waals surface area contributed by atoms with Gasteiger partial charge in [-0.05, 0) is 0 Å². The fraction of sp³-hybridized carbons (Fsp3) is 0.200. The summed E-state index contributed by atoms with van der Waals surface area (Å²) in [7, 11) is 0. The van der Waals surface area contributed by atoms with E-state index in [1.807, 2.05) is 0 Å². The highest BCUT2D eigenvalue weighted by Gasteiger charge is 2.47. The molecule has 0 unspecified atom stereocenters. The monoisotopic (exact) mass is 229 g/mol. The van der Waals surface area contributed by atoms with Crippen LogP contribution in [-0.2, 0) is 9.53 Å². The molecule has 0 bridgehead atoms. The highest BCUT2D eigenvalue weighted by atomic mass is 19.4. The Hall–Kier alpha value is -1.85. The lowest BCUT2D eigenvalue weighted by molar-refractivity contribution is -0.210. The molecule has 1 heterocycles. The van der Waals surface area contributed by atoms with Crippen LogP contribution in [-0.4, -0.2) is 24.1 Å². The van der Waals surface area contributed by atoms with Crippen LogP contribution in [0.15, 0.2) is 35.3 Å². The fourth-order valence-corrected chi connectivity index (χ4v) is 1.28. The van der Waals surface area contributed by atoms with Crippen LogP contribution in [0.1, 0.15) is 5.56 Å². The average molecular weight is 229 g/mol. The predicted octanol–water partition coefficient (Wildman–Crippen LogP) is 1.92. The van der Waals surface area contributed by atoms with Gasteiger partial charge in [-0.25, -0.2) is 9.79 Å². The van der Waals surface area contributed by atoms with Gasteiger partial charge in [-0.1, -0.05) is 30.3 Å². The highest BCUT2D eigenvalue weighted by molar-refractivity contribution is 6.44. The number of hydrogen-bond acceptors (Lipinski definition) is 3. The molecule has 6 heteroatoms. The van der Waals surface area contributed by atoms with Crippen molar-refractivity contribution in [2.75, 3.05) is 0 Å². The first-order valence-electron chi connectivity index (χ1n) is 4.39. The molecule has 1 aromatic rings. The maximum atomic E-state index is 12.2. The second-order valence-corrected chi connectivity index (χ2v) is 3.14. The summed E-state index contributed by atoms with van der Waals surface area (Å²) in [5, 5.41) is 0. The minimum atomic E-state index is -4.66. The van der Waals surface area contributed by atoms with Gasteiger partial charge in [-0.3, -0.25) is 0 Å². The topological polar surface area (TPSA) is 38.7 Å². The quantitative estimate of drug-likeness (QED) is 0.690. The molecule has 84 valence electrons. The first-order valence-corrected chi connectivity index (χ1v) is 4.39. The van der Waals surface area contributed by atoms with Crippen LogP contribution >= 0.6 is 0 Å². The van der Waals surface area contributed by atoms with Gasteiger partial charge in [-0.15, -0.1) is 0 Å². The van der Waals surface area contributed by atoms with Gasteiger partial charge in [0.1, 0.15) is 0 Å². The minimum absolute atomic E-state index is 0.289. The minimum Gasteiger partial charge on any atom is -0.425 e. The van der Waals surface area contributed by atoms with E-state index >= 15 is 0 Å². The zero-order valence-electron chi connectivity index (χ0n) is 7.86. The van der Waals surface area contributed by atoms with Crippen LogP contribution in [0.5, 0.6) is 0 Å². The van der Waals surface area contributed by atoms with Crippen LogP contribution in [0.2, 0.25) is 0 Å². The number of alkyl halides is 3. The van der Waals surface area contributed by atoms with Gasteiger partial charge in [0.05, 0.1) is 0 Å². The number of benzene rings is 1. The molecule has 0 radical (unpaired) electrons. The molecule has 0 saturated heterocycles. The Labute approximate surface area is 88.6 Å². The molecule has 16 heavy (non-hydrogen) atoms. The van der Waals surface area contributed by atoms with Crippen LogP contribution in [0.3, 0.4) is 0 Å². The molecule has 0 spiro atoms. The van der Waals surface area contributed by atoms with Crippen molar-refractivity contribution in [1.29, 1.82) is 0 Å². The standard InChI is InChI=1S/C10H6F3NO2/c11-10(12,13)9-14-7(8(15)16-9)6-4-2-1-3-5-6/h1-5,9H/t9-/m0/s1. The Balaban J connectivity index is 2.33. The summed E-state index contributed by atoms with van der Waals surface area (Å²) in [4.78, 5) is 14.4. The molecule has 2 rings (SSSR count). The number of halogens is 3. The number of esters is 1. The van der Waals surface area contributed by atoms with Gasteiger partial charge in [0.15, 0.2) is 5.71 Å². The summed E-state index contributed by atoms with van der Waals surface area (Å²) in [5.74, 6) is -1.05. The lowest BCUT2D eigenvalue weighted by atomic mass is 10.1. The molecule has 1 aromatic carbocycles. The molecule has 0 aromatic heterocycles. The first-order chi connectivity index (χ1) is 7.48. The number of carbonyl (C=O) groups excluding carboxylic acids is 1. The van der Waals surface area contributed by atoms with E-state index in [2.05, 4.69) is 9.73 Å². The van der Waals surface area contributed by atoms with Crippen molar-refractivity contribution in [1.82, 2.24) is 0 Å². The van der Waals surface area contributed by atoms with Gasteiger partial charge >= 0.3 is 12.1 Å². The maximum Gasteiger partial charge on any atom is 0.447 e. The van der Waals surface area contributed by atoms with Crippen LogP contribution in [0.4, 0.5) is 13.2 Å². The van der Waals surface area contributed by atoms with Gasteiger partial charge in [0, 0.05) is 5.56 Å². The summed E-state index contributed by atoms with van der Waals surface area (Å²) in [5.41, 5.74) is 0.0298. The summed E-state index contributed by atoms with van der Waals surface area (Å²) in [6.45, 7) is 0. The number of nitrogens with zero attached hydrogens (tertiary/aromatic N) is 1. The van der Waals surface area contributed by atoms with E-state index in [0.717, 1.165) is 0 Å². The van der Waals surface area contributed by atoms with Crippen molar-refractivity contribution in [2.24, 2.45) is 4.99 Å². The number of rotatable bonds is 1. The molecular weight excluding hydrogens is 223 g/mol. The normalized spacial score (nSPS) is 20.6. The van der Waals surface area contributed by atoms with Crippen molar-refractivity contribution in [3.63, 3.8) is 0 Å². The Morgan fingerprint density at radius 2 is 1.81 bits per heavy atom. The molecule has 0 saturated carbocycles. The van der Waals surface area contributed by atoms with Crippen molar-refractivity contribution in [2.45, 2.75) is 12.4 Å². The van der Waals surface area contributed by atoms with E-state index < -0.39 is 18.4 Å². The Morgan fingerprint density at radius 1 is 1.19 bits per heavy atom. The van der Waals surface area contributed by atoms with Gasteiger partial charge in [-0.2, -0.15) is 13.2 Å². The zero-order chi connectivity index (χ0) is 11.8. The van der Waals surface area contributed by atoms with Gasteiger partial charge in [0.2, 0.25) is 0 Å². The van der Waals surface area contributed by atoms with Gasteiger partial charge < -0.3 is 4.74 Å². The molecule has 0 N–H and O–H groups in total. The van der Waals surface area contributed by atoms with Crippen LogP contribution < -0.4 is 0 Å². The summed E-state index contributed by atoms with van der Waals surface area (Å²) >= 11 is 0. The highest BCUT2D eigenvalue weighted by Crippen LogP contribution is 2.28. The molecule has 0 aliphatic carbocycles. The number of aliphatic imine (C=N–C) groups is 1. The van der Waals surface area contributed by atoms with Crippen molar-refractivity contribution in [3.8, 4) is 0 Å².